The molecule has 3 aromatic rings. The Balaban J connectivity index is 1.57. The zero-order chi connectivity index (χ0) is 32.5. The largest absolute Gasteiger partial charge is 0.444 e. The molecule has 4 rings (SSSR count). The van der Waals surface area contributed by atoms with Gasteiger partial charge in [-0.05, 0) is 76.7 Å². The van der Waals surface area contributed by atoms with E-state index in [2.05, 4.69) is 48.6 Å². The normalized spacial score (nSPS) is 20.2. The quantitative estimate of drug-likeness (QED) is 0.177. The van der Waals surface area contributed by atoms with Crippen LogP contribution in [0, 0.1) is 12.8 Å². The van der Waals surface area contributed by atoms with E-state index < -0.39 is 26.4 Å². The molecule has 1 amide bonds. The molecule has 240 valence electrons. The van der Waals surface area contributed by atoms with Crippen LogP contribution in [0.5, 0.6) is 0 Å². The Kier molecular flexibility index (Phi) is 12.3. The number of benzene rings is 3. The highest BCUT2D eigenvalue weighted by molar-refractivity contribution is 8.13. The number of aryl methyl sites for hydroxylation is 1. The molecule has 0 bridgehead atoms. The maximum atomic E-state index is 13.8. The smallest absolute Gasteiger partial charge is 0.407 e. The second kappa shape index (κ2) is 15.9. The predicted molar refractivity (Wildman–Crippen MR) is 185 cm³/mol. The summed E-state index contributed by atoms with van der Waals surface area (Å²) in [5.41, 5.74) is 3.85. The summed E-state index contributed by atoms with van der Waals surface area (Å²) in [6.07, 6.45) is 4.55. The molecule has 8 heteroatoms. The maximum Gasteiger partial charge on any atom is 0.407 e. The van der Waals surface area contributed by atoms with Crippen LogP contribution in [0.3, 0.4) is 0 Å². The molecule has 0 aliphatic carbocycles. The minimum atomic E-state index is -2.80. The van der Waals surface area contributed by atoms with Crippen LogP contribution in [0.15, 0.2) is 97.1 Å². The van der Waals surface area contributed by atoms with Crippen molar-refractivity contribution in [2.45, 2.75) is 89.7 Å². The number of thioether (sulfide) groups is 1. The Bertz CT molecular complexity index is 1410. The van der Waals surface area contributed by atoms with Crippen molar-refractivity contribution < 1.29 is 23.2 Å². The van der Waals surface area contributed by atoms with E-state index >= 15 is 0 Å². The second-order valence-electron chi connectivity index (χ2n) is 13.1. The summed E-state index contributed by atoms with van der Waals surface area (Å²) in [5.74, 6) is 0.227. The lowest BCUT2D eigenvalue weighted by atomic mass is 9.94. The summed E-state index contributed by atoms with van der Waals surface area (Å²) in [6, 6.07) is 28.1. The first-order valence-corrected chi connectivity index (χ1v) is 19.5. The lowest BCUT2D eigenvalue weighted by Gasteiger charge is -2.38. The molecular weight excluding hydrogens is 599 g/mol. The van der Waals surface area contributed by atoms with Crippen molar-refractivity contribution in [1.29, 1.82) is 0 Å². The zero-order valence-corrected chi connectivity index (χ0v) is 29.1. The average Bonchev–Trinajstić information content (AvgIpc) is 2.97. The van der Waals surface area contributed by atoms with Crippen LogP contribution >= 0.6 is 11.8 Å². The van der Waals surface area contributed by atoms with Crippen LogP contribution in [0.1, 0.15) is 49.4 Å². The fraction of sp³-hybridized carbons (Fsp3) is 0.405. The number of amides is 1. The Labute approximate surface area is 274 Å². The molecule has 4 unspecified atom stereocenters. The van der Waals surface area contributed by atoms with Gasteiger partial charge in [-0.2, -0.15) is 0 Å². The Morgan fingerprint density at radius 1 is 0.889 bits per heavy atom. The molecule has 45 heavy (non-hydrogen) atoms. The molecule has 1 N–H and O–H groups in total. The van der Waals surface area contributed by atoms with Crippen molar-refractivity contribution in [1.82, 2.24) is 5.32 Å². The van der Waals surface area contributed by atoms with Crippen molar-refractivity contribution in [2.75, 3.05) is 0 Å². The Morgan fingerprint density at radius 3 is 2.11 bits per heavy atom. The van der Waals surface area contributed by atoms with E-state index in [1.165, 1.54) is 17.3 Å². The summed E-state index contributed by atoms with van der Waals surface area (Å²) in [5, 5.41) is 3.20. The topological polar surface area (TPSA) is 73.9 Å². The first kappa shape index (κ1) is 34.7. The number of carbonyl (C=O) groups is 2. The number of nitrogens with one attached hydrogen (secondary N) is 1. The zero-order valence-electron chi connectivity index (χ0n) is 27.3. The monoisotopic (exact) mass is 645 g/mol. The molecule has 0 radical (unpaired) electrons. The highest BCUT2D eigenvalue weighted by Crippen LogP contribution is 2.30. The van der Waals surface area contributed by atoms with Gasteiger partial charge in [0.15, 0.2) is 5.12 Å². The van der Waals surface area contributed by atoms with Gasteiger partial charge in [0.2, 0.25) is 0 Å². The fourth-order valence-electron chi connectivity index (χ4n) is 5.37. The molecule has 6 nitrogen and oxygen atoms in total. The van der Waals surface area contributed by atoms with Crippen LogP contribution in [0.25, 0.3) is 0 Å². The van der Waals surface area contributed by atoms with Crippen molar-refractivity contribution in [2.24, 2.45) is 5.92 Å². The van der Waals surface area contributed by atoms with Gasteiger partial charge < -0.3 is 18.9 Å². The van der Waals surface area contributed by atoms with Crippen molar-refractivity contribution in [3.8, 4) is 0 Å². The van der Waals surface area contributed by atoms with Gasteiger partial charge in [0.05, 0.1) is 24.2 Å². The SMILES string of the molecule is Cc1ccc(CC(NC(=O)OC(C)(C)C)C2C/C=C\C(C(Cc3ccccc3)C(=O)SCc3ccccc3)O[Si](C)(C)O2)cc1. The van der Waals surface area contributed by atoms with Gasteiger partial charge in [-0.3, -0.25) is 4.79 Å². The van der Waals surface area contributed by atoms with E-state index in [1.54, 1.807) is 0 Å². The van der Waals surface area contributed by atoms with Gasteiger partial charge in [-0.15, -0.1) is 0 Å². The van der Waals surface area contributed by atoms with Gasteiger partial charge in [-0.1, -0.05) is 114 Å². The predicted octanol–water partition coefficient (Wildman–Crippen LogP) is 8.18. The third-order valence-electron chi connectivity index (χ3n) is 7.50. The molecule has 3 aromatic carbocycles. The second-order valence-corrected chi connectivity index (χ2v) is 17.4. The van der Waals surface area contributed by atoms with Crippen LogP contribution in [-0.4, -0.2) is 43.6 Å². The molecule has 0 saturated carbocycles. The van der Waals surface area contributed by atoms with Gasteiger partial charge >= 0.3 is 14.7 Å². The van der Waals surface area contributed by atoms with E-state index in [0.29, 0.717) is 25.0 Å². The summed E-state index contributed by atoms with van der Waals surface area (Å²) in [4.78, 5) is 26.8. The molecule has 0 fully saturated rings. The molecule has 1 aliphatic rings. The van der Waals surface area contributed by atoms with Crippen LogP contribution in [-0.2, 0) is 37.0 Å². The maximum absolute atomic E-state index is 13.8. The molecule has 4 atom stereocenters. The van der Waals surface area contributed by atoms with Crippen molar-refractivity contribution in [3.63, 3.8) is 0 Å². The first-order valence-electron chi connectivity index (χ1n) is 15.7. The summed E-state index contributed by atoms with van der Waals surface area (Å²) < 4.78 is 19.2. The molecule has 0 saturated heterocycles. The van der Waals surface area contributed by atoms with E-state index in [0.717, 1.165) is 16.7 Å². The minimum absolute atomic E-state index is 0.100. The average molecular weight is 646 g/mol. The van der Waals surface area contributed by atoms with E-state index in [-0.39, 0.29) is 23.2 Å². The number of carbonyl (C=O) groups excluding carboxylic acids is 2. The van der Waals surface area contributed by atoms with E-state index in [1.807, 2.05) is 94.5 Å². The first-order chi connectivity index (χ1) is 21.4. The van der Waals surface area contributed by atoms with Crippen molar-refractivity contribution >= 4 is 31.5 Å². The third-order valence-corrected chi connectivity index (χ3v) is 10.3. The lowest BCUT2D eigenvalue weighted by molar-refractivity contribution is -0.116. The van der Waals surface area contributed by atoms with Gasteiger partial charge in [0, 0.05) is 5.75 Å². The number of hydrogen-bond acceptors (Lipinski definition) is 6. The summed E-state index contributed by atoms with van der Waals surface area (Å²) in [6.45, 7) is 11.7. The van der Waals surface area contributed by atoms with Crippen LogP contribution in [0.4, 0.5) is 4.79 Å². The molecule has 1 aliphatic heterocycles. The lowest BCUT2D eigenvalue weighted by Crippen LogP contribution is -2.53. The number of alkyl carbamates (subject to hydrolysis) is 1. The van der Waals surface area contributed by atoms with E-state index in [9.17, 15) is 9.59 Å². The van der Waals surface area contributed by atoms with Gasteiger partial charge in [0.25, 0.3) is 0 Å². The summed E-state index contributed by atoms with van der Waals surface area (Å²) >= 11 is 1.34. The van der Waals surface area contributed by atoms with Gasteiger partial charge in [0.1, 0.15) is 5.60 Å². The highest BCUT2D eigenvalue weighted by atomic mass is 32.2. The standard InChI is InChI=1S/C37H47NO5SSi/c1-27-20-22-29(23-21-27)25-32(38-36(40)41-37(2,3)4)34-19-13-18-33(42-45(5,6)43-34)31(24-28-14-9-7-10-15-28)35(39)44-26-30-16-11-8-12-17-30/h7-18,20-23,31-34H,19,24-26H2,1-6H3,(H,38,40)/b18-13-. The molecule has 0 aromatic heterocycles. The minimum Gasteiger partial charge on any atom is -0.444 e. The molecular formula is C37H47NO5SSi. The Hall–Kier alpha value is -3.17. The van der Waals surface area contributed by atoms with Crippen LogP contribution < -0.4 is 5.32 Å². The van der Waals surface area contributed by atoms with E-state index in [4.69, 9.17) is 13.6 Å². The number of rotatable bonds is 10. The summed E-state index contributed by atoms with van der Waals surface area (Å²) in [7, 11) is -2.80. The number of hydrogen-bond donors (Lipinski definition) is 1. The fourth-order valence-corrected chi connectivity index (χ4v) is 8.24. The number of ether oxygens (including phenoxy) is 1. The van der Waals surface area contributed by atoms with Crippen molar-refractivity contribution in [3.05, 3.63) is 119 Å². The highest BCUT2D eigenvalue weighted by Gasteiger charge is 2.40. The van der Waals surface area contributed by atoms with Gasteiger partial charge in [-0.25, -0.2) is 4.79 Å². The molecule has 0 spiro atoms. The third kappa shape index (κ3) is 11.6. The molecule has 1 heterocycles. The van der Waals surface area contributed by atoms with Crippen LogP contribution in [0.2, 0.25) is 13.1 Å². The Morgan fingerprint density at radius 2 is 1.49 bits per heavy atom.